The summed E-state index contributed by atoms with van der Waals surface area (Å²) in [5.74, 6) is 0.827. The van der Waals surface area contributed by atoms with Crippen LogP contribution >= 0.6 is 0 Å². The maximum absolute atomic E-state index is 3.46. The topological polar surface area (TPSA) is 12.0 Å². The zero-order valence-electron chi connectivity index (χ0n) is 10.7. The Labute approximate surface area is 105 Å². The average molecular weight is 229 g/mol. The fourth-order valence-corrected chi connectivity index (χ4v) is 3.38. The summed E-state index contributed by atoms with van der Waals surface area (Å²) < 4.78 is 0. The smallest absolute Gasteiger partial charge is 0.00431 e. The molecule has 17 heavy (non-hydrogen) atoms. The Kier molecular flexibility index (Phi) is 3.46. The number of allylic oxidation sites excluding steroid dienone is 6. The second kappa shape index (κ2) is 5.22. The van der Waals surface area contributed by atoms with Crippen LogP contribution in [0.2, 0.25) is 0 Å². The molecule has 92 valence electrons. The second-order valence-corrected chi connectivity index (χ2v) is 5.56. The van der Waals surface area contributed by atoms with Gasteiger partial charge in [0.25, 0.3) is 0 Å². The molecule has 0 radical (unpaired) electrons. The highest BCUT2D eigenvalue weighted by molar-refractivity contribution is 5.42. The Morgan fingerprint density at radius 1 is 0.941 bits per heavy atom. The van der Waals surface area contributed by atoms with Gasteiger partial charge in [0.15, 0.2) is 0 Å². The van der Waals surface area contributed by atoms with Crippen molar-refractivity contribution in [1.82, 2.24) is 5.32 Å². The predicted octanol–water partition coefficient (Wildman–Crippen LogP) is 3.74. The Morgan fingerprint density at radius 2 is 1.82 bits per heavy atom. The summed E-state index contributed by atoms with van der Waals surface area (Å²) in [6.45, 7) is 2.40. The van der Waals surface area contributed by atoms with Crippen LogP contribution in [0.5, 0.6) is 0 Å². The van der Waals surface area contributed by atoms with Crippen LogP contribution in [0, 0.1) is 5.92 Å². The molecule has 1 heteroatoms. The third-order valence-corrected chi connectivity index (χ3v) is 4.40. The van der Waals surface area contributed by atoms with Crippen molar-refractivity contribution in [1.29, 1.82) is 0 Å². The van der Waals surface area contributed by atoms with Gasteiger partial charge in [-0.2, -0.15) is 0 Å². The van der Waals surface area contributed by atoms with E-state index in [4.69, 9.17) is 0 Å². The molecular weight excluding hydrogens is 206 g/mol. The molecule has 1 fully saturated rings. The maximum atomic E-state index is 3.46. The van der Waals surface area contributed by atoms with Crippen LogP contribution < -0.4 is 5.32 Å². The van der Waals surface area contributed by atoms with E-state index >= 15 is 0 Å². The Hall–Kier alpha value is -0.820. The van der Waals surface area contributed by atoms with Gasteiger partial charge in [-0.3, -0.25) is 0 Å². The quantitative estimate of drug-likeness (QED) is 0.760. The molecule has 1 heterocycles. The molecule has 3 rings (SSSR count). The number of rotatable bonds is 2. The van der Waals surface area contributed by atoms with E-state index in [0.29, 0.717) is 0 Å². The van der Waals surface area contributed by atoms with Gasteiger partial charge in [0.1, 0.15) is 0 Å². The Balaban J connectivity index is 1.74. The molecule has 1 nitrogen and oxygen atoms in total. The van der Waals surface area contributed by atoms with Gasteiger partial charge in [-0.15, -0.1) is 0 Å². The van der Waals surface area contributed by atoms with Crippen molar-refractivity contribution >= 4 is 0 Å². The van der Waals surface area contributed by atoms with Gasteiger partial charge >= 0.3 is 0 Å². The lowest BCUT2D eigenvalue weighted by molar-refractivity contribution is 0.423. The summed E-state index contributed by atoms with van der Waals surface area (Å²) in [4.78, 5) is 0. The first kappa shape index (κ1) is 11.3. The van der Waals surface area contributed by atoms with E-state index in [1.165, 1.54) is 58.0 Å². The lowest BCUT2D eigenvalue weighted by Gasteiger charge is -2.26. The van der Waals surface area contributed by atoms with Crippen molar-refractivity contribution in [3.8, 4) is 0 Å². The summed E-state index contributed by atoms with van der Waals surface area (Å²) in [5, 5.41) is 3.46. The summed E-state index contributed by atoms with van der Waals surface area (Å²) >= 11 is 0. The normalized spacial score (nSPS) is 26.5. The minimum Gasteiger partial charge on any atom is -0.317 e. The molecule has 0 unspecified atom stereocenters. The first-order valence-electron chi connectivity index (χ1n) is 7.24. The molecule has 1 N–H and O–H groups in total. The van der Waals surface area contributed by atoms with Gasteiger partial charge in [-0.25, -0.2) is 0 Å². The molecule has 2 aliphatic carbocycles. The van der Waals surface area contributed by atoms with Gasteiger partial charge in [0.2, 0.25) is 0 Å². The molecule has 0 spiro atoms. The van der Waals surface area contributed by atoms with Crippen molar-refractivity contribution in [2.75, 3.05) is 13.1 Å². The molecule has 0 amide bonds. The van der Waals surface area contributed by atoms with Gasteiger partial charge in [-0.05, 0) is 80.7 Å². The van der Waals surface area contributed by atoms with E-state index in [1.807, 2.05) is 0 Å². The van der Waals surface area contributed by atoms with Gasteiger partial charge in [0, 0.05) is 0 Å². The first-order valence-corrected chi connectivity index (χ1v) is 7.24. The second-order valence-electron chi connectivity index (χ2n) is 5.56. The van der Waals surface area contributed by atoms with Gasteiger partial charge < -0.3 is 5.32 Å². The zero-order valence-corrected chi connectivity index (χ0v) is 10.7. The molecule has 0 aromatic heterocycles. The average Bonchev–Trinajstić information content (AvgIpc) is 2.94. The van der Waals surface area contributed by atoms with Crippen LogP contribution in [0.3, 0.4) is 0 Å². The number of nitrogens with one attached hydrogen (secondary N) is 1. The van der Waals surface area contributed by atoms with Crippen molar-refractivity contribution < 1.29 is 0 Å². The van der Waals surface area contributed by atoms with E-state index in [9.17, 15) is 0 Å². The molecule has 0 saturated carbocycles. The standard InChI is InChI=1S/C16H23N/c1-2-5-13(4-1)15-6-3-7-16(12-15)14-8-10-17-11-9-14/h4,7,12,14,17H,1-3,5-6,8-11H2. The Bertz CT molecular complexity index is 367. The Morgan fingerprint density at radius 3 is 2.59 bits per heavy atom. The molecule has 1 aliphatic heterocycles. The van der Waals surface area contributed by atoms with Crippen LogP contribution in [0.25, 0.3) is 0 Å². The van der Waals surface area contributed by atoms with Gasteiger partial charge in [-0.1, -0.05) is 18.2 Å². The fourth-order valence-electron chi connectivity index (χ4n) is 3.38. The van der Waals surface area contributed by atoms with E-state index in [-0.39, 0.29) is 0 Å². The summed E-state index contributed by atoms with van der Waals surface area (Å²) in [5.41, 5.74) is 4.95. The summed E-state index contributed by atoms with van der Waals surface area (Å²) in [7, 11) is 0. The third kappa shape index (κ3) is 2.55. The highest BCUT2D eigenvalue weighted by atomic mass is 14.9. The third-order valence-electron chi connectivity index (χ3n) is 4.40. The van der Waals surface area contributed by atoms with E-state index in [1.54, 1.807) is 16.7 Å². The molecule has 0 atom stereocenters. The highest BCUT2D eigenvalue weighted by Crippen LogP contribution is 2.34. The molecule has 0 aromatic carbocycles. The minimum absolute atomic E-state index is 0.827. The molecule has 0 aromatic rings. The predicted molar refractivity (Wildman–Crippen MR) is 72.9 cm³/mol. The van der Waals surface area contributed by atoms with E-state index in [2.05, 4.69) is 23.5 Å². The number of hydrogen-bond donors (Lipinski definition) is 1. The van der Waals surface area contributed by atoms with E-state index in [0.717, 1.165) is 5.92 Å². The SMILES string of the molecule is C1=C(C2=CCCC2)CCC=C1C1CCNCC1. The molecular formula is C16H23N. The van der Waals surface area contributed by atoms with Crippen LogP contribution in [0.4, 0.5) is 0 Å². The van der Waals surface area contributed by atoms with Crippen LogP contribution in [0.1, 0.15) is 44.9 Å². The lowest BCUT2D eigenvalue weighted by atomic mass is 9.83. The highest BCUT2D eigenvalue weighted by Gasteiger charge is 2.19. The van der Waals surface area contributed by atoms with Crippen LogP contribution in [-0.4, -0.2) is 13.1 Å². The monoisotopic (exact) mass is 229 g/mol. The molecule has 1 saturated heterocycles. The number of piperidine rings is 1. The van der Waals surface area contributed by atoms with Crippen molar-refractivity contribution in [3.05, 3.63) is 34.9 Å². The lowest BCUT2D eigenvalue weighted by Crippen LogP contribution is -2.28. The molecule has 3 aliphatic rings. The van der Waals surface area contributed by atoms with Gasteiger partial charge in [0.05, 0.1) is 0 Å². The molecule has 0 bridgehead atoms. The van der Waals surface area contributed by atoms with Crippen LogP contribution in [0.15, 0.2) is 34.9 Å². The minimum atomic E-state index is 0.827. The largest absolute Gasteiger partial charge is 0.317 e. The van der Waals surface area contributed by atoms with Crippen molar-refractivity contribution in [3.63, 3.8) is 0 Å². The van der Waals surface area contributed by atoms with Crippen molar-refractivity contribution in [2.45, 2.75) is 44.9 Å². The summed E-state index contributed by atoms with van der Waals surface area (Å²) in [6, 6.07) is 0. The maximum Gasteiger partial charge on any atom is -0.00431 e. The zero-order chi connectivity index (χ0) is 11.5. The first-order chi connectivity index (χ1) is 8.43. The number of hydrogen-bond acceptors (Lipinski definition) is 1. The summed E-state index contributed by atoms with van der Waals surface area (Å²) in [6.07, 6.45) is 16.7. The fraction of sp³-hybridized carbons (Fsp3) is 0.625. The van der Waals surface area contributed by atoms with Crippen LogP contribution in [-0.2, 0) is 0 Å². The van der Waals surface area contributed by atoms with E-state index < -0.39 is 0 Å². The van der Waals surface area contributed by atoms with Crippen molar-refractivity contribution in [2.24, 2.45) is 5.92 Å².